The van der Waals surface area contributed by atoms with Gasteiger partial charge >= 0.3 is 6.61 Å². The van der Waals surface area contributed by atoms with Gasteiger partial charge in [-0.2, -0.15) is 8.78 Å². The largest absolute Gasteiger partial charge is 0.433 e. The Morgan fingerprint density at radius 1 is 1.08 bits per heavy atom. The molecule has 1 unspecified atom stereocenters. The molecule has 1 amide bonds. The summed E-state index contributed by atoms with van der Waals surface area (Å²) in [5.41, 5.74) is 3.20. The summed E-state index contributed by atoms with van der Waals surface area (Å²) in [7, 11) is 0. The highest BCUT2D eigenvalue weighted by Crippen LogP contribution is 2.25. The van der Waals surface area contributed by atoms with Crippen LogP contribution in [0, 0.1) is 13.8 Å². The molecule has 0 bridgehead atoms. The molecule has 0 fully saturated rings. The fourth-order valence-electron chi connectivity index (χ4n) is 2.38. The molecular weight excluding hydrogens is 314 g/mol. The van der Waals surface area contributed by atoms with Gasteiger partial charge in [-0.3, -0.25) is 4.79 Å². The van der Waals surface area contributed by atoms with Crippen LogP contribution in [0.25, 0.3) is 0 Å². The fraction of sp³-hybridized carbons (Fsp3) is 0.278. The van der Waals surface area contributed by atoms with Crippen LogP contribution in [0.5, 0.6) is 5.75 Å². The fourth-order valence-corrected chi connectivity index (χ4v) is 2.38. The van der Waals surface area contributed by atoms with Crippen LogP contribution in [0.1, 0.15) is 18.1 Å². The van der Waals surface area contributed by atoms with Gasteiger partial charge in [0.15, 0.2) is 0 Å². The predicted octanol–water partition coefficient (Wildman–Crippen LogP) is 4.34. The van der Waals surface area contributed by atoms with E-state index in [9.17, 15) is 13.6 Å². The van der Waals surface area contributed by atoms with E-state index in [1.54, 1.807) is 19.1 Å². The molecule has 4 nitrogen and oxygen atoms in total. The molecule has 0 radical (unpaired) electrons. The molecule has 0 saturated carbocycles. The van der Waals surface area contributed by atoms with Crippen molar-refractivity contribution in [3.05, 3.63) is 53.6 Å². The maximum atomic E-state index is 12.4. The molecule has 0 spiro atoms. The summed E-state index contributed by atoms with van der Waals surface area (Å²) in [6.07, 6.45) is 0. The van der Waals surface area contributed by atoms with E-state index in [0.717, 1.165) is 16.8 Å². The molecule has 6 heteroatoms. The van der Waals surface area contributed by atoms with Gasteiger partial charge in [0.2, 0.25) is 5.91 Å². The first-order chi connectivity index (χ1) is 11.3. The van der Waals surface area contributed by atoms with Gasteiger partial charge in [-0.15, -0.1) is 0 Å². The van der Waals surface area contributed by atoms with Crippen molar-refractivity contribution in [1.82, 2.24) is 0 Å². The molecule has 0 aliphatic carbocycles. The van der Waals surface area contributed by atoms with E-state index in [4.69, 9.17) is 0 Å². The van der Waals surface area contributed by atoms with Gasteiger partial charge in [-0.1, -0.05) is 18.2 Å². The van der Waals surface area contributed by atoms with Gasteiger partial charge in [0.1, 0.15) is 11.8 Å². The molecule has 128 valence electrons. The second kappa shape index (κ2) is 7.77. The van der Waals surface area contributed by atoms with Crippen molar-refractivity contribution < 1.29 is 18.3 Å². The summed E-state index contributed by atoms with van der Waals surface area (Å²) < 4.78 is 29.2. The van der Waals surface area contributed by atoms with Crippen molar-refractivity contribution in [2.45, 2.75) is 33.4 Å². The minimum Gasteiger partial charge on any atom is -0.433 e. The standard InChI is InChI=1S/C18H20F2N2O2/c1-11-8-12(2)10-14(9-11)21-13(3)17(23)22-15-6-4-5-7-16(15)24-18(19)20/h4-10,13,18,21H,1-3H3,(H,22,23). The summed E-state index contributed by atoms with van der Waals surface area (Å²) in [6.45, 7) is 2.69. The molecular formula is C18H20F2N2O2. The molecule has 2 aromatic carbocycles. The Hall–Kier alpha value is -2.63. The van der Waals surface area contributed by atoms with Crippen LogP contribution in [0.2, 0.25) is 0 Å². The zero-order valence-corrected chi connectivity index (χ0v) is 13.8. The van der Waals surface area contributed by atoms with Crippen molar-refractivity contribution in [3.63, 3.8) is 0 Å². The number of alkyl halides is 2. The van der Waals surface area contributed by atoms with Gasteiger partial charge in [-0.05, 0) is 56.2 Å². The number of benzene rings is 2. The number of nitrogens with one attached hydrogen (secondary N) is 2. The number of carbonyl (C=O) groups is 1. The molecule has 2 N–H and O–H groups in total. The van der Waals surface area contributed by atoms with E-state index in [-0.39, 0.29) is 17.3 Å². The average molecular weight is 334 g/mol. The Bertz CT molecular complexity index is 700. The van der Waals surface area contributed by atoms with Gasteiger partial charge in [0.05, 0.1) is 5.69 Å². The zero-order valence-electron chi connectivity index (χ0n) is 13.8. The Kier molecular flexibility index (Phi) is 5.73. The molecule has 0 aromatic heterocycles. The average Bonchev–Trinajstić information content (AvgIpc) is 2.47. The molecule has 24 heavy (non-hydrogen) atoms. The number of hydrogen-bond donors (Lipinski definition) is 2. The van der Waals surface area contributed by atoms with Crippen LogP contribution in [0.15, 0.2) is 42.5 Å². The monoisotopic (exact) mass is 334 g/mol. The number of anilines is 2. The highest BCUT2D eigenvalue weighted by molar-refractivity contribution is 5.97. The van der Waals surface area contributed by atoms with Crippen molar-refractivity contribution in [2.24, 2.45) is 0 Å². The van der Waals surface area contributed by atoms with Crippen LogP contribution in [-0.4, -0.2) is 18.6 Å². The lowest BCUT2D eigenvalue weighted by Gasteiger charge is -2.17. The van der Waals surface area contributed by atoms with Crippen molar-refractivity contribution in [1.29, 1.82) is 0 Å². The lowest BCUT2D eigenvalue weighted by Crippen LogP contribution is -2.32. The number of amides is 1. The molecule has 0 saturated heterocycles. The maximum Gasteiger partial charge on any atom is 0.387 e. The van der Waals surface area contributed by atoms with Crippen LogP contribution < -0.4 is 15.4 Å². The molecule has 0 aliphatic rings. The smallest absolute Gasteiger partial charge is 0.387 e. The first-order valence-electron chi connectivity index (χ1n) is 7.54. The van der Waals surface area contributed by atoms with Gasteiger partial charge in [0, 0.05) is 5.69 Å². The quantitative estimate of drug-likeness (QED) is 0.826. The zero-order chi connectivity index (χ0) is 17.7. The van der Waals surface area contributed by atoms with Gasteiger partial charge < -0.3 is 15.4 Å². The van der Waals surface area contributed by atoms with Crippen molar-refractivity contribution >= 4 is 17.3 Å². The minimum atomic E-state index is -2.95. The van der Waals surface area contributed by atoms with E-state index >= 15 is 0 Å². The second-order valence-corrected chi connectivity index (χ2v) is 5.61. The number of rotatable bonds is 6. The van der Waals surface area contributed by atoms with E-state index in [2.05, 4.69) is 15.4 Å². The Morgan fingerprint density at radius 3 is 2.33 bits per heavy atom. The van der Waals surface area contributed by atoms with Crippen LogP contribution in [0.3, 0.4) is 0 Å². The van der Waals surface area contributed by atoms with Gasteiger partial charge in [-0.25, -0.2) is 0 Å². The van der Waals surface area contributed by atoms with E-state index in [0.29, 0.717) is 0 Å². The number of ether oxygens (including phenoxy) is 1. The third-order valence-electron chi connectivity index (χ3n) is 3.36. The summed E-state index contributed by atoms with van der Waals surface area (Å²) in [5.74, 6) is -0.418. The Labute approximate surface area is 139 Å². The number of carbonyl (C=O) groups excluding carboxylic acids is 1. The van der Waals surface area contributed by atoms with Gasteiger partial charge in [0.25, 0.3) is 0 Å². The summed E-state index contributed by atoms with van der Waals surface area (Å²) in [4.78, 5) is 12.3. The first-order valence-corrected chi connectivity index (χ1v) is 7.54. The highest BCUT2D eigenvalue weighted by Gasteiger charge is 2.16. The van der Waals surface area contributed by atoms with E-state index < -0.39 is 12.7 Å². The molecule has 1 atom stereocenters. The topological polar surface area (TPSA) is 50.4 Å². The number of para-hydroxylation sites is 2. The molecule has 2 rings (SSSR count). The Balaban J connectivity index is 2.06. The lowest BCUT2D eigenvalue weighted by molar-refractivity contribution is -0.116. The SMILES string of the molecule is Cc1cc(C)cc(NC(C)C(=O)Nc2ccccc2OC(F)F)c1. The Morgan fingerprint density at radius 2 is 1.71 bits per heavy atom. The lowest BCUT2D eigenvalue weighted by atomic mass is 10.1. The summed E-state index contributed by atoms with van der Waals surface area (Å²) >= 11 is 0. The number of halogens is 2. The van der Waals surface area contributed by atoms with E-state index in [1.165, 1.54) is 12.1 Å². The maximum absolute atomic E-state index is 12.4. The summed E-state index contributed by atoms with van der Waals surface area (Å²) in [5, 5.41) is 5.71. The second-order valence-electron chi connectivity index (χ2n) is 5.61. The molecule has 0 aliphatic heterocycles. The number of hydrogen-bond acceptors (Lipinski definition) is 3. The number of aryl methyl sites for hydroxylation is 2. The van der Waals surface area contributed by atoms with Crippen molar-refractivity contribution in [3.8, 4) is 5.75 Å². The normalized spacial score (nSPS) is 11.9. The highest BCUT2D eigenvalue weighted by atomic mass is 19.3. The van der Waals surface area contributed by atoms with Crippen molar-refractivity contribution in [2.75, 3.05) is 10.6 Å². The third kappa shape index (κ3) is 4.94. The minimum absolute atomic E-state index is 0.0700. The molecule has 0 heterocycles. The molecule has 2 aromatic rings. The first kappa shape index (κ1) is 17.7. The predicted molar refractivity (Wildman–Crippen MR) is 90.7 cm³/mol. The summed E-state index contributed by atoms with van der Waals surface area (Å²) in [6, 6.07) is 11.4. The van der Waals surface area contributed by atoms with Crippen LogP contribution >= 0.6 is 0 Å². The van der Waals surface area contributed by atoms with Crippen LogP contribution in [0.4, 0.5) is 20.2 Å². The van der Waals surface area contributed by atoms with Crippen LogP contribution in [-0.2, 0) is 4.79 Å². The van der Waals surface area contributed by atoms with E-state index in [1.807, 2.05) is 32.0 Å². The third-order valence-corrected chi connectivity index (χ3v) is 3.36.